The van der Waals surface area contributed by atoms with Crippen LogP contribution in [0.25, 0.3) is 113 Å². The van der Waals surface area contributed by atoms with Gasteiger partial charge in [0.1, 0.15) is 34.8 Å². The largest absolute Gasteiger partial charge is 0.494 e. The van der Waals surface area contributed by atoms with Gasteiger partial charge in [-0.15, -0.1) is 0 Å². The van der Waals surface area contributed by atoms with E-state index < -0.39 is 0 Å². The Kier molecular flexibility index (Phi) is 35.4. The minimum Gasteiger partial charge on any atom is -0.494 e. The maximum absolute atomic E-state index is 5.85. The average molecular weight is 1680 g/mol. The van der Waals surface area contributed by atoms with Gasteiger partial charge in [-0.1, -0.05) is 313 Å². The molecule has 14 heteroatoms. The quantitative estimate of drug-likeness (QED) is 0.0356. The highest BCUT2D eigenvalue weighted by atomic mass is 16.5. The standard InChI is InChI=1S/C28H37N3O2.C28H21N3.2C28H37N3/c1-4-6-8-10-20-32-25-16-12-23(13-17-25)27-29-22(3)30-28(31-27)24-14-18-26(19-15-24)33-21-11-9-7-5-2;1-20-29-27(25-16-12-23(13-17-25)21-8-4-2-5-9-21)31-28(30-20)26-18-14-24(15-19-26)22-10-6-3-7-11-22;1-16(2)21-10-22(17(3)4)13-25(12-21)27-29-20(9)30-28(31-27)26-14-23(18(5)6)11-24(15-26)19(7)8;1-7-8-9-10-11-22-12-14-23(15-13-22)27-29-21(6)30-28(31-27)26-17-24(19(2)3)16-25(18-26)20(4)5/h12-19H,4-11,20-21H2,1-3H3;2-19H,1H3;10-19H,1-9H3;12-20H,7-11H2,1-6H3. The van der Waals surface area contributed by atoms with Gasteiger partial charge in [-0.25, -0.2) is 59.8 Å². The lowest BCUT2D eigenvalue weighted by molar-refractivity contribution is 0.305. The summed E-state index contributed by atoms with van der Waals surface area (Å²) in [6.07, 6.45) is 15.9. The van der Waals surface area contributed by atoms with Crippen molar-refractivity contribution < 1.29 is 9.47 Å². The highest BCUT2D eigenvalue weighted by Crippen LogP contribution is 2.36. The molecule has 0 spiro atoms. The zero-order chi connectivity index (χ0) is 89.6. The summed E-state index contributed by atoms with van der Waals surface area (Å²) in [5.74, 6) is 13.2. The molecule has 0 N–H and O–H groups in total. The molecule has 652 valence electrons. The molecule has 0 radical (unpaired) electrons. The van der Waals surface area contributed by atoms with Gasteiger partial charge in [-0.3, -0.25) is 0 Å². The molecule has 0 aliphatic rings. The van der Waals surface area contributed by atoms with Gasteiger partial charge in [-0.05, 0) is 235 Å². The number of benzene rings is 10. The van der Waals surface area contributed by atoms with Gasteiger partial charge in [-0.2, -0.15) is 0 Å². The van der Waals surface area contributed by atoms with E-state index in [-0.39, 0.29) is 0 Å². The molecule has 14 rings (SSSR count). The molecule has 0 bridgehead atoms. The van der Waals surface area contributed by atoms with Gasteiger partial charge in [0.25, 0.3) is 0 Å². The lowest BCUT2D eigenvalue weighted by Gasteiger charge is -2.16. The maximum atomic E-state index is 5.85. The molecule has 14 aromatic rings. The third-order valence-electron chi connectivity index (χ3n) is 22.5. The smallest absolute Gasteiger partial charge is 0.163 e. The Morgan fingerprint density at radius 3 is 0.667 bits per heavy atom. The molecular formula is C112H132N12O2. The Labute approximate surface area is 752 Å². The van der Waals surface area contributed by atoms with E-state index >= 15 is 0 Å². The second-order valence-corrected chi connectivity index (χ2v) is 35.0. The molecule has 0 fully saturated rings. The second kappa shape index (κ2) is 47.2. The first-order chi connectivity index (χ1) is 60.9. The SMILES string of the molecule is CCCCCCOc1ccc(-c2nc(C)nc(-c3ccc(OCCCCCC)cc3)n2)cc1.CCCCCCc1ccc(-c2nc(C)nc(-c3cc(C(C)C)cc(C(C)C)c3)n2)cc1.Cc1nc(-c2cc(C(C)C)cc(C(C)C)c2)nc(-c2cc(C(C)C)cc(C(C)C)c2)n1.Cc1nc(-c2ccc(-c3ccccc3)cc2)nc(-c2ccc(-c3ccccc3)cc2)n1. The Hall–Kier alpha value is -12.2. The monoisotopic (exact) mass is 1680 g/mol. The Balaban J connectivity index is 0.000000163. The van der Waals surface area contributed by atoms with Gasteiger partial charge >= 0.3 is 0 Å². The zero-order valence-electron chi connectivity index (χ0n) is 78.3. The van der Waals surface area contributed by atoms with Gasteiger partial charge in [0.05, 0.1) is 13.2 Å². The lowest BCUT2D eigenvalue weighted by Crippen LogP contribution is -2.03. The van der Waals surface area contributed by atoms with Crippen LogP contribution in [-0.2, 0) is 6.42 Å². The molecule has 126 heavy (non-hydrogen) atoms. The van der Waals surface area contributed by atoms with E-state index in [0.29, 0.717) is 70.5 Å². The van der Waals surface area contributed by atoms with Gasteiger partial charge in [0.2, 0.25) is 0 Å². The predicted octanol–water partition coefficient (Wildman–Crippen LogP) is 30.2. The molecule has 0 saturated heterocycles. The van der Waals surface area contributed by atoms with Crippen molar-refractivity contribution in [2.24, 2.45) is 0 Å². The fourth-order valence-corrected chi connectivity index (χ4v) is 14.7. The van der Waals surface area contributed by atoms with Gasteiger partial charge < -0.3 is 9.47 Å². The van der Waals surface area contributed by atoms with Crippen molar-refractivity contribution in [2.75, 3.05) is 13.2 Å². The average Bonchev–Trinajstić information content (AvgIpc) is 0.788. The van der Waals surface area contributed by atoms with E-state index in [1.54, 1.807) is 0 Å². The molecule has 4 aromatic heterocycles. The number of aryl methyl sites for hydroxylation is 5. The minimum atomic E-state index is 0.455. The van der Waals surface area contributed by atoms with E-state index in [9.17, 15) is 0 Å². The number of ether oxygens (including phenoxy) is 2. The highest BCUT2D eigenvalue weighted by molar-refractivity contribution is 5.72. The maximum Gasteiger partial charge on any atom is 0.163 e. The van der Waals surface area contributed by atoms with Crippen LogP contribution in [0.3, 0.4) is 0 Å². The molecule has 0 aliphatic heterocycles. The van der Waals surface area contributed by atoms with Crippen molar-refractivity contribution in [1.82, 2.24) is 59.8 Å². The van der Waals surface area contributed by atoms with Crippen molar-refractivity contribution >= 4 is 0 Å². The van der Waals surface area contributed by atoms with Crippen LogP contribution in [0, 0.1) is 27.7 Å². The minimum absolute atomic E-state index is 0.455. The summed E-state index contributed by atoms with van der Waals surface area (Å²) in [7, 11) is 0. The Bertz CT molecular complexity index is 5380. The molecule has 0 saturated carbocycles. The zero-order valence-corrected chi connectivity index (χ0v) is 78.3. The molecule has 14 nitrogen and oxygen atoms in total. The molecule has 10 aromatic carbocycles. The van der Waals surface area contributed by atoms with E-state index in [1.165, 1.54) is 125 Å². The number of nitrogens with zero attached hydrogens (tertiary/aromatic N) is 12. The number of unbranched alkanes of at least 4 members (excludes halogenated alkanes) is 9. The van der Waals surface area contributed by atoms with Gasteiger partial charge in [0.15, 0.2) is 46.6 Å². The predicted molar refractivity (Wildman–Crippen MR) is 524 cm³/mol. The van der Waals surface area contributed by atoms with Crippen molar-refractivity contribution in [3.05, 3.63) is 299 Å². The van der Waals surface area contributed by atoms with Crippen molar-refractivity contribution in [1.29, 1.82) is 0 Å². The van der Waals surface area contributed by atoms with Crippen LogP contribution in [0.4, 0.5) is 0 Å². The number of hydrogen-bond donors (Lipinski definition) is 0. The van der Waals surface area contributed by atoms with Crippen LogP contribution in [0.15, 0.2) is 237 Å². The lowest BCUT2D eigenvalue weighted by atomic mass is 9.92. The van der Waals surface area contributed by atoms with Crippen LogP contribution < -0.4 is 9.47 Å². The van der Waals surface area contributed by atoms with Crippen LogP contribution >= 0.6 is 0 Å². The van der Waals surface area contributed by atoms with Crippen LogP contribution in [-0.4, -0.2) is 73.0 Å². The highest BCUT2D eigenvalue weighted by Gasteiger charge is 2.20. The fraction of sp³-hybridized carbons (Fsp3) is 0.357. The first-order valence-electron chi connectivity index (χ1n) is 46.1. The first kappa shape index (κ1) is 94.5. The summed E-state index contributed by atoms with van der Waals surface area (Å²) in [5.41, 5.74) is 22.2. The summed E-state index contributed by atoms with van der Waals surface area (Å²) >= 11 is 0. The summed E-state index contributed by atoms with van der Waals surface area (Å²) in [6, 6.07) is 82.5. The Morgan fingerprint density at radius 2 is 0.421 bits per heavy atom. The van der Waals surface area contributed by atoms with E-state index in [0.717, 1.165) is 123 Å². The van der Waals surface area contributed by atoms with Crippen LogP contribution in [0.2, 0.25) is 0 Å². The third kappa shape index (κ3) is 27.9. The summed E-state index contributed by atoms with van der Waals surface area (Å²) in [4.78, 5) is 56.3. The molecular weight excluding hydrogens is 1550 g/mol. The number of rotatable bonds is 33. The normalized spacial score (nSPS) is 11.2. The first-order valence-corrected chi connectivity index (χ1v) is 46.1. The molecule has 0 amide bonds. The molecule has 4 heterocycles. The molecule has 0 unspecified atom stereocenters. The van der Waals surface area contributed by atoms with Crippen molar-refractivity contribution in [3.8, 4) is 125 Å². The number of aromatic nitrogens is 12. The van der Waals surface area contributed by atoms with E-state index in [1.807, 2.05) is 113 Å². The third-order valence-corrected chi connectivity index (χ3v) is 22.5. The summed E-state index contributed by atoms with van der Waals surface area (Å²) < 4.78 is 11.7. The summed E-state index contributed by atoms with van der Waals surface area (Å²) in [5, 5.41) is 0. The molecule has 0 atom stereocenters. The topological polar surface area (TPSA) is 173 Å². The van der Waals surface area contributed by atoms with E-state index in [4.69, 9.17) is 39.4 Å². The van der Waals surface area contributed by atoms with Crippen molar-refractivity contribution in [3.63, 3.8) is 0 Å². The summed E-state index contributed by atoms with van der Waals surface area (Å²) in [6.45, 7) is 42.7. The van der Waals surface area contributed by atoms with Crippen molar-refractivity contribution in [2.45, 2.75) is 251 Å². The van der Waals surface area contributed by atoms with Crippen LogP contribution in [0.1, 0.15) is 279 Å². The fourth-order valence-electron chi connectivity index (χ4n) is 14.7. The molecule has 0 aliphatic carbocycles. The Morgan fingerprint density at radius 1 is 0.206 bits per heavy atom. The second-order valence-electron chi connectivity index (χ2n) is 35.0. The van der Waals surface area contributed by atoms with Crippen LogP contribution in [0.5, 0.6) is 11.5 Å². The van der Waals surface area contributed by atoms with Gasteiger partial charge in [0, 0.05) is 44.5 Å². The van der Waals surface area contributed by atoms with E-state index in [2.05, 4.69) is 285 Å². The number of hydrogen-bond acceptors (Lipinski definition) is 14.